The van der Waals surface area contributed by atoms with E-state index >= 15 is 0 Å². The Morgan fingerprint density at radius 2 is 1.94 bits per heavy atom. The van der Waals surface area contributed by atoms with Gasteiger partial charge in [-0.25, -0.2) is 0 Å². The van der Waals surface area contributed by atoms with E-state index in [2.05, 4.69) is 48.1 Å². The van der Waals surface area contributed by atoms with Crippen LogP contribution >= 0.6 is 31.9 Å². The lowest BCUT2D eigenvalue weighted by molar-refractivity contribution is 0.207. The van der Waals surface area contributed by atoms with Crippen LogP contribution in [0.5, 0.6) is 0 Å². The van der Waals surface area contributed by atoms with Gasteiger partial charge < -0.3 is 5.32 Å². The summed E-state index contributed by atoms with van der Waals surface area (Å²) in [5, 5.41) is 12.7. The van der Waals surface area contributed by atoms with Crippen molar-refractivity contribution in [1.29, 1.82) is 5.26 Å². The molecule has 1 aliphatic heterocycles. The molecule has 1 fully saturated rings. The number of nitrogens with zero attached hydrogens (tertiary/aromatic N) is 2. The van der Waals surface area contributed by atoms with Crippen LogP contribution in [0.25, 0.3) is 0 Å². The van der Waals surface area contributed by atoms with Crippen LogP contribution in [0.15, 0.2) is 27.1 Å². The first kappa shape index (κ1) is 13.0. The Hall–Kier alpha value is -0.410. The largest absolute Gasteiger partial charge is 0.314 e. The predicted molar refractivity (Wildman–Crippen MR) is 74.6 cm³/mol. The summed E-state index contributed by atoms with van der Waals surface area (Å²) in [6.07, 6.45) is 0. The Labute approximate surface area is 118 Å². The number of rotatable bonds is 2. The van der Waals surface area contributed by atoms with E-state index in [1.165, 1.54) is 0 Å². The van der Waals surface area contributed by atoms with E-state index in [9.17, 15) is 5.26 Å². The molecule has 1 unspecified atom stereocenters. The molecule has 17 heavy (non-hydrogen) atoms. The Bertz CT molecular complexity index is 436. The third-order valence-corrected chi connectivity index (χ3v) is 4.78. The van der Waals surface area contributed by atoms with Gasteiger partial charge in [0.25, 0.3) is 0 Å². The fraction of sp³-hybridized carbons (Fsp3) is 0.417. The van der Waals surface area contributed by atoms with Gasteiger partial charge in [0.05, 0.1) is 6.07 Å². The van der Waals surface area contributed by atoms with Gasteiger partial charge in [0.1, 0.15) is 6.04 Å². The van der Waals surface area contributed by atoms with E-state index in [1.54, 1.807) is 0 Å². The Kier molecular flexibility index (Phi) is 4.57. The average Bonchev–Trinajstić information content (AvgIpc) is 2.36. The number of hydrogen-bond acceptors (Lipinski definition) is 3. The lowest BCUT2D eigenvalue weighted by Gasteiger charge is -2.31. The van der Waals surface area contributed by atoms with Gasteiger partial charge in [0.2, 0.25) is 0 Å². The third kappa shape index (κ3) is 3.08. The second kappa shape index (κ2) is 5.96. The minimum atomic E-state index is -0.151. The summed E-state index contributed by atoms with van der Waals surface area (Å²) in [5.41, 5.74) is 1.05. The van der Waals surface area contributed by atoms with Crippen molar-refractivity contribution in [2.75, 3.05) is 26.2 Å². The molecule has 0 spiro atoms. The fourth-order valence-corrected chi connectivity index (χ4v) is 2.63. The van der Waals surface area contributed by atoms with E-state index in [4.69, 9.17) is 0 Å². The van der Waals surface area contributed by atoms with Gasteiger partial charge >= 0.3 is 0 Å². The first-order chi connectivity index (χ1) is 8.22. The van der Waals surface area contributed by atoms with Crippen molar-refractivity contribution in [1.82, 2.24) is 10.2 Å². The van der Waals surface area contributed by atoms with Crippen LogP contribution in [-0.2, 0) is 0 Å². The van der Waals surface area contributed by atoms with Crippen LogP contribution in [0.1, 0.15) is 11.6 Å². The molecule has 0 bridgehead atoms. The first-order valence-corrected chi connectivity index (χ1v) is 7.10. The van der Waals surface area contributed by atoms with E-state index in [0.29, 0.717) is 0 Å². The zero-order chi connectivity index (χ0) is 12.3. The second-order valence-electron chi connectivity index (χ2n) is 3.99. The second-order valence-corrected chi connectivity index (χ2v) is 5.70. The van der Waals surface area contributed by atoms with E-state index < -0.39 is 0 Å². The molecule has 1 saturated heterocycles. The molecule has 1 N–H and O–H groups in total. The highest BCUT2D eigenvalue weighted by molar-refractivity contribution is 9.13. The van der Waals surface area contributed by atoms with Gasteiger partial charge in [-0.2, -0.15) is 5.26 Å². The number of halogens is 2. The van der Waals surface area contributed by atoms with Crippen LogP contribution in [0.4, 0.5) is 0 Å². The summed E-state index contributed by atoms with van der Waals surface area (Å²) in [6.45, 7) is 3.75. The number of nitriles is 1. The van der Waals surface area contributed by atoms with E-state index in [-0.39, 0.29) is 6.04 Å². The predicted octanol–water partition coefficient (Wildman–Crippen LogP) is 2.68. The molecule has 0 amide bonds. The van der Waals surface area contributed by atoms with Crippen molar-refractivity contribution in [3.05, 3.63) is 32.7 Å². The maximum Gasteiger partial charge on any atom is 0.123 e. The van der Waals surface area contributed by atoms with Crippen molar-refractivity contribution < 1.29 is 0 Å². The zero-order valence-corrected chi connectivity index (χ0v) is 12.5. The molecule has 90 valence electrons. The highest BCUT2D eigenvalue weighted by atomic mass is 79.9. The number of piperazine rings is 1. The quantitative estimate of drug-likeness (QED) is 0.883. The average molecular weight is 359 g/mol. The molecule has 1 aromatic carbocycles. The maximum absolute atomic E-state index is 9.35. The smallest absolute Gasteiger partial charge is 0.123 e. The summed E-state index contributed by atoms with van der Waals surface area (Å²) in [4.78, 5) is 2.21. The summed E-state index contributed by atoms with van der Waals surface area (Å²) in [5.74, 6) is 0. The van der Waals surface area contributed by atoms with Crippen molar-refractivity contribution in [3.63, 3.8) is 0 Å². The van der Waals surface area contributed by atoms with Gasteiger partial charge in [-0.15, -0.1) is 0 Å². The monoisotopic (exact) mass is 357 g/mol. The molecule has 1 aliphatic rings. The van der Waals surface area contributed by atoms with E-state index in [1.807, 2.05) is 18.2 Å². The van der Waals surface area contributed by atoms with Crippen LogP contribution < -0.4 is 5.32 Å². The highest BCUT2D eigenvalue weighted by Crippen LogP contribution is 2.28. The summed E-state index contributed by atoms with van der Waals surface area (Å²) < 4.78 is 2.00. The Morgan fingerprint density at radius 1 is 1.24 bits per heavy atom. The van der Waals surface area contributed by atoms with Crippen LogP contribution in [0, 0.1) is 11.3 Å². The van der Waals surface area contributed by atoms with E-state index in [0.717, 1.165) is 40.7 Å². The van der Waals surface area contributed by atoms with Gasteiger partial charge in [-0.05, 0) is 49.6 Å². The van der Waals surface area contributed by atoms with Gasteiger partial charge in [-0.1, -0.05) is 6.07 Å². The Morgan fingerprint density at radius 3 is 2.53 bits per heavy atom. The molecular weight excluding hydrogens is 346 g/mol. The first-order valence-electron chi connectivity index (χ1n) is 5.51. The van der Waals surface area contributed by atoms with Gasteiger partial charge in [0.15, 0.2) is 0 Å². The topological polar surface area (TPSA) is 39.1 Å². The van der Waals surface area contributed by atoms with Crippen molar-refractivity contribution >= 4 is 31.9 Å². The maximum atomic E-state index is 9.35. The minimum Gasteiger partial charge on any atom is -0.314 e. The van der Waals surface area contributed by atoms with Gasteiger partial charge in [-0.3, -0.25) is 4.90 Å². The molecule has 5 heteroatoms. The van der Waals surface area contributed by atoms with Crippen molar-refractivity contribution in [3.8, 4) is 6.07 Å². The molecule has 1 aromatic rings. The lowest BCUT2D eigenvalue weighted by Crippen LogP contribution is -2.44. The SMILES string of the molecule is N#CC(c1ccc(Br)c(Br)c1)N1CCNCC1. The molecule has 2 rings (SSSR count). The van der Waals surface area contributed by atoms with Crippen LogP contribution in [0.3, 0.4) is 0 Å². The molecular formula is C12H13Br2N3. The fourth-order valence-electron chi connectivity index (χ4n) is 1.99. The molecule has 0 aromatic heterocycles. The van der Waals surface area contributed by atoms with Crippen LogP contribution in [-0.4, -0.2) is 31.1 Å². The van der Waals surface area contributed by atoms with Crippen LogP contribution in [0.2, 0.25) is 0 Å². The van der Waals surface area contributed by atoms with Gasteiger partial charge in [0, 0.05) is 35.1 Å². The zero-order valence-electron chi connectivity index (χ0n) is 9.29. The number of benzene rings is 1. The number of hydrogen-bond donors (Lipinski definition) is 1. The minimum absolute atomic E-state index is 0.151. The lowest BCUT2D eigenvalue weighted by atomic mass is 10.1. The number of nitrogens with one attached hydrogen (secondary N) is 1. The highest BCUT2D eigenvalue weighted by Gasteiger charge is 2.22. The molecule has 1 atom stereocenters. The normalized spacial score (nSPS) is 18.6. The molecule has 1 heterocycles. The molecule has 0 saturated carbocycles. The van der Waals surface area contributed by atoms with Crippen molar-refractivity contribution in [2.24, 2.45) is 0 Å². The Balaban J connectivity index is 2.22. The third-order valence-electron chi connectivity index (χ3n) is 2.90. The summed E-state index contributed by atoms with van der Waals surface area (Å²) >= 11 is 6.92. The standard InChI is InChI=1S/C12H13Br2N3/c13-10-2-1-9(7-11(10)14)12(8-15)17-5-3-16-4-6-17/h1-2,7,12,16H,3-6H2. The molecule has 3 nitrogen and oxygen atoms in total. The summed E-state index contributed by atoms with van der Waals surface area (Å²) in [6, 6.07) is 8.24. The van der Waals surface area contributed by atoms with Crippen molar-refractivity contribution in [2.45, 2.75) is 6.04 Å². The molecule has 0 radical (unpaired) electrons. The summed E-state index contributed by atoms with van der Waals surface area (Å²) in [7, 11) is 0. The molecule has 0 aliphatic carbocycles.